The number of nitrogens with one attached hydrogen (secondary N) is 1. The number of aromatic nitrogens is 2. The van der Waals surface area contributed by atoms with Gasteiger partial charge in [-0.3, -0.25) is 9.59 Å². The molecule has 1 atom stereocenters. The molecule has 2 aromatic rings. The number of carbonyl (C=O) groups is 1. The van der Waals surface area contributed by atoms with Crippen molar-refractivity contribution in [2.24, 2.45) is 5.73 Å². The maximum absolute atomic E-state index is 12.4. The summed E-state index contributed by atoms with van der Waals surface area (Å²) < 4.78 is 0. The van der Waals surface area contributed by atoms with Crippen molar-refractivity contribution in [3.8, 4) is 0 Å². The van der Waals surface area contributed by atoms with Crippen molar-refractivity contribution in [2.75, 3.05) is 18.8 Å². The van der Waals surface area contributed by atoms with Crippen molar-refractivity contribution in [1.29, 1.82) is 0 Å². The van der Waals surface area contributed by atoms with Crippen LogP contribution in [0.4, 0.5) is 0 Å². The summed E-state index contributed by atoms with van der Waals surface area (Å²) in [5, 5.41) is 0.601. The largest absolute Gasteiger partial charge is 0.338 e. The second-order valence-corrected chi connectivity index (χ2v) is 7.41. The molecule has 1 unspecified atom stereocenters. The number of carbonyl (C=O) groups excluding carboxylic acids is 1. The molecule has 1 fully saturated rings. The van der Waals surface area contributed by atoms with E-state index in [0.717, 1.165) is 25.8 Å². The molecule has 1 aliphatic rings. The number of hydrogen-bond acceptors (Lipinski definition) is 5. The van der Waals surface area contributed by atoms with E-state index >= 15 is 0 Å². The maximum atomic E-state index is 12.4. The van der Waals surface area contributed by atoms with Crippen LogP contribution in [0.25, 0.3) is 10.9 Å². The summed E-state index contributed by atoms with van der Waals surface area (Å²) in [4.78, 5) is 33.7. The van der Waals surface area contributed by atoms with Crippen molar-refractivity contribution in [3.63, 3.8) is 0 Å². The molecular weight excluding hydrogens is 336 g/mol. The SMILES string of the molecule is NCC1CCCCN1C(=O)CCSCc1nc2ccccc2c(=O)[nH]1. The van der Waals surface area contributed by atoms with Crippen LogP contribution in [0.2, 0.25) is 0 Å². The number of thioether (sulfide) groups is 1. The predicted octanol–water partition coefficient (Wildman–Crippen LogP) is 1.89. The third-order valence-electron chi connectivity index (χ3n) is 4.58. The van der Waals surface area contributed by atoms with Gasteiger partial charge >= 0.3 is 0 Å². The van der Waals surface area contributed by atoms with Crippen LogP contribution in [-0.4, -0.2) is 45.7 Å². The molecule has 2 heterocycles. The fourth-order valence-corrected chi connectivity index (χ4v) is 4.04. The number of piperidine rings is 1. The molecule has 25 heavy (non-hydrogen) atoms. The highest BCUT2D eigenvalue weighted by Gasteiger charge is 2.24. The van der Waals surface area contributed by atoms with E-state index in [2.05, 4.69) is 9.97 Å². The van der Waals surface area contributed by atoms with E-state index in [1.54, 1.807) is 17.8 Å². The second-order valence-electron chi connectivity index (χ2n) is 6.30. The lowest BCUT2D eigenvalue weighted by atomic mass is 10.0. The average molecular weight is 360 g/mol. The first-order valence-electron chi connectivity index (χ1n) is 8.74. The minimum atomic E-state index is -0.114. The first-order chi connectivity index (χ1) is 12.2. The van der Waals surface area contributed by atoms with Gasteiger partial charge in [-0.2, -0.15) is 11.8 Å². The minimum Gasteiger partial charge on any atom is -0.338 e. The zero-order chi connectivity index (χ0) is 17.6. The van der Waals surface area contributed by atoms with E-state index in [1.807, 2.05) is 23.1 Å². The quantitative estimate of drug-likeness (QED) is 0.768. The lowest BCUT2D eigenvalue weighted by Crippen LogP contribution is -2.47. The highest BCUT2D eigenvalue weighted by molar-refractivity contribution is 7.98. The lowest BCUT2D eigenvalue weighted by Gasteiger charge is -2.35. The van der Waals surface area contributed by atoms with E-state index in [9.17, 15) is 9.59 Å². The molecule has 1 aromatic carbocycles. The lowest BCUT2D eigenvalue weighted by molar-refractivity contribution is -0.134. The van der Waals surface area contributed by atoms with Gasteiger partial charge in [-0.1, -0.05) is 12.1 Å². The molecule has 0 saturated carbocycles. The molecule has 6 nitrogen and oxygen atoms in total. The van der Waals surface area contributed by atoms with Crippen molar-refractivity contribution >= 4 is 28.6 Å². The van der Waals surface area contributed by atoms with Gasteiger partial charge in [0.2, 0.25) is 5.91 Å². The monoisotopic (exact) mass is 360 g/mol. The number of benzene rings is 1. The van der Waals surface area contributed by atoms with E-state index in [-0.39, 0.29) is 17.5 Å². The molecule has 0 radical (unpaired) electrons. The Bertz CT molecular complexity index is 792. The Kier molecular flexibility index (Phi) is 6.09. The summed E-state index contributed by atoms with van der Waals surface area (Å²) >= 11 is 1.61. The number of amides is 1. The molecule has 1 amide bonds. The van der Waals surface area contributed by atoms with Crippen molar-refractivity contribution in [1.82, 2.24) is 14.9 Å². The van der Waals surface area contributed by atoms with Crippen molar-refractivity contribution in [2.45, 2.75) is 37.5 Å². The van der Waals surface area contributed by atoms with E-state index < -0.39 is 0 Å². The number of nitrogens with two attached hydrogens (primary N) is 1. The Balaban J connectivity index is 1.51. The van der Waals surface area contributed by atoms with Crippen LogP contribution >= 0.6 is 11.8 Å². The summed E-state index contributed by atoms with van der Waals surface area (Å²) in [5.41, 5.74) is 6.37. The van der Waals surface area contributed by atoms with Gasteiger partial charge in [0.1, 0.15) is 5.82 Å². The Labute approximate surface area is 151 Å². The Morgan fingerprint density at radius 3 is 3.04 bits per heavy atom. The van der Waals surface area contributed by atoms with E-state index in [0.29, 0.717) is 41.2 Å². The van der Waals surface area contributed by atoms with Crippen LogP contribution in [0.1, 0.15) is 31.5 Å². The first kappa shape index (κ1) is 17.9. The molecule has 0 aliphatic carbocycles. The maximum Gasteiger partial charge on any atom is 0.258 e. The first-order valence-corrected chi connectivity index (χ1v) is 9.89. The summed E-state index contributed by atoms with van der Waals surface area (Å²) in [5.74, 6) is 2.14. The van der Waals surface area contributed by atoms with Crippen molar-refractivity contribution < 1.29 is 4.79 Å². The number of nitrogens with zero attached hydrogens (tertiary/aromatic N) is 2. The summed E-state index contributed by atoms with van der Waals surface area (Å²) in [6.45, 7) is 1.37. The summed E-state index contributed by atoms with van der Waals surface area (Å²) in [7, 11) is 0. The molecule has 7 heteroatoms. The van der Waals surface area contributed by atoms with Gasteiger partial charge in [-0.15, -0.1) is 0 Å². The topological polar surface area (TPSA) is 92.1 Å². The van der Waals surface area contributed by atoms with E-state index in [4.69, 9.17) is 5.73 Å². The van der Waals surface area contributed by atoms with Gasteiger partial charge in [0.15, 0.2) is 0 Å². The zero-order valence-corrected chi connectivity index (χ0v) is 15.1. The van der Waals surface area contributed by atoms with Crippen LogP contribution in [0.5, 0.6) is 0 Å². The standard InChI is InChI=1S/C18H24N4O2S/c19-11-13-5-3-4-9-22(13)17(23)8-10-25-12-16-20-15-7-2-1-6-14(15)18(24)21-16/h1-2,6-7,13H,3-5,8-12,19H2,(H,20,21,24). The zero-order valence-electron chi connectivity index (χ0n) is 14.2. The molecule has 1 aliphatic heterocycles. The predicted molar refractivity (Wildman–Crippen MR) is 102 cm³/mol. The number of aromatic amines is 1. The van der Waals surface area contributed by atoms with Gasteiger partial charge < -0.3 is 15.6 Å². The number of hydrogen-bond donors (Lipinski definition) is 2. The Morgan fingerprint density at radius 2 is 2.20 bits per heavy atom. The summed E-state index contributed by atoms with van der Waals surface area (Å²) in [6, 6.07) is 7.50. The van der Waals surface area contributed by atoms with Crippen LogP contribution in [0.3, 0.4) is 0 Å². The third-order valence-corrected chi connectivity index (χ3v) is 5.55. The minimum absolute atomic E-state index is 0.114. The van der Waals surface area contributed by atoms with Gasteiger partial charge in [-0.25, -0.2) is 4.98 Å². The number of likely N-dealkylation sites (tertiary alicyclic amines) is 1. The molecule has 134 valence electrons. The fourth-order valence-electron chi connectivity index (χ4n) is 3.25. The number of H-pyrrole nitrogens is 1. The third kappa shape index (κ3) is 4.41. The molecular formula is C18H24N4O2S. The number of para-hydroxylation sites is 1. The highest BCUT2D eigenvalue weighted by Crippen LogP contribution is 2.18. The van der Waals surface area contributed by atoms with Crippen LogP contribution in [0.15, 0.2) is 29.1 Å². The molecule has 3 N–H and O–H groups in total. The molecule has 0 spiro atoms. The van der Waals surface area contributed by atoms with E-state index in [1.165, 1.54) is 0 Å². The smallest absolute Gasteiger partial charge is 0.258 e. The molecule has 0 bridgehead atoms. The fraction of sp³-hybridized carbons (Fsp3) is 0.500. The molecule has 1 saturated heterocycles. The molecule has 3 rings (SSSR count). The Hall–Kier alpha value is -1.86. The van der Waals surface area contributed by atoms with Crippen molar-refractivity contribution in [3.05, 3.63) is 40.4 Å². The normalized spacial score (nSPS) is 17.8. The van der Waals surface area contributed by atoms with Gasteiger partial charge in [-0.05, 0) is 31.4 Å². The second kappa shape index (κ2) is 8.49. The van der Waals surface area contributed by atoms with Gasteiger partial charge in [0, 0.05) is 31.3 Å². The van der Waals surface area contributed by atoms with Crippen LogP contribution < -0.4 is 11.3 Å². The highest BCUT2D eigenvalue weighted by atomic mass is 32.2. The van der Waals surface area contributed by atoms with Gasteiger partial charge in [0.25, 0.3) is 5.56 Å². The Morgan fingerprint density at radius 1 is 1.36 bits per heavy atom. The number of rotatable bonds is 6. The summed E-state index contributed by atoms with van der Waals surface area (Å²) in [6.07, 6.45) is 3.73. The number of fused-ring (bicyclic) bond motifs is 1. The van der Waals surface area contributed by atoms with Crippen LogP contribution in [-0.2, 0) is 10.5 Å². The molecule has 1 aromatic heterocycles. The van der Waals surface area contributed by atoms with Gasteiger partial charge in [0.05, 0.1) is 16.7 Å². The average Bonchev–Trinajstić information content (AvgIpc) is 2.65. The van der Waals surface area contributed by atoms with Crippen LogP contribution in [0, 0.1) is 0 Å².